The third kappa shape index (κ3) is 5.05. The highest BCUT2D eigenvalue weighted by molar-refractivity contribution is 5.87. The van der Waals surface area contributed by atoms with Crippen LogP contribution >= 0.6 is 0 Å². The van der Waals surface area contributed by atoms with Crippen molar-refractivity contribution in [1.29, 1.82) is 0 Å². The van der Waals surface area contributed by atoms with E-state index in [1.54, 1.807) is 24.3 Å². The van der Waals surface area contributed by atoms with Crippen LogP contribution in [-0.4, -0.2) is 41.8 Å². The van der Waals surface area contributed by atoms with Gasteiger partial charge in [-0.25, -0.2) is 0 Å². The van der Waals surface area contributed by atoms with E-state index in [0.717, 1.165) is 32.1 Å². The van der Waals surface area contributed by atoms with Gasteiger partial charge in [0.1, 0.15) is 6.54 Å². The number of nitrogens with zero attached hydrogens (tertiary/aromatic N) is 1. The third-order valence-corrected chi connectivity index (χ3v) is 4.50. The number of rotatable bonds is 6. The van der Waals surface area contributed by atoms with Gasteiger partial charge in [-0.3, -0.25) is 14.4 Å². The van der Waals surface area contributed by atoms with Crippen LogP contribution in [0, 0.1) is 0 Å². The number of carbonyl (C=O) groups is 3. The molecule has 1 aromatic rings. The molecule has 1 aromatic carbocycles. The molecule has 134 valence electrons. The zero-order valence-electron chi connectivity index (χ0n) is 14.3. The second kappa shape index (κ2) is 8.14. The van der Waals surface area contributed by atoms with Crippen molar-refractivity contribution in [2.24, 2.45) is 0 Å². The molecule has 3 rings (SSSR count). The lowest BCUT2D eigenvalue weighted by Gasteiger charge is -2.22. The van der Waals surface area contributed by atoms with E-state index in [1.807, 2.05) is 6.07 Å². The molecule has 1 saturated carbocycles. The van der Waals surface area contributed by atoms with Crippen LogP contribution in [0.3, 0.4) is 0 Å². The van der Waals surface area contributed by atoms with Gasteiger partial charge in [-0.1, -0.05) is 36.8 Å². The number of nitrogens with one attached hydrogen (secondary N) is 1. The number of likely N-dealkylation sites (tertiary alicyclic amines) is 1. The molecular weight excluding hydrogens is 320 g/mol. The lowest BCUT2D eigenvalue weighted by Crippen LogP contribution is -2.39. The predicted molar refractivity (Wildman–Crippen MR) is 91.5 cm³/mol. The van der Waals surface area contributed by atoms with E-state index in [4.69, 9.17) is 4.74 Å². The predicted octanol–water partition coefficient (Wildman–Crippen LogP) is 1.95. The van der Waals surface area contributed by atoms with E-state index < -0.39 is 12.1 Å². The number of carbonyl (C=O) groups excluding carboxylic acids is 3. The molecule has 0 unspecified atom stereocenters. The van der Waals surface area contributed by atoms with E-state index in [0.29, 0.717) is 18.5 Å². The highest BCUT2D eigenvalue weighted by Crippen LogP contribution is 2.23. The van der Waals surface area contributed by atoms with Crippen molar-refractivity contribution >= 4 is 17.8 Å². The van der Waals surface area contributed by atoms with Gasteiger partial charge < -0.3 is 15.0 Å². The second-order valence-corrected chi connectivity index (χ2v) is 6.69. The summed E-state index contributed by atoms with van der Waals surface area (Å²) in [4.78, 5) is 38.4. The number of esters is 1. The second-order valence-electron chi connectivity index (χ2n) is 6.69. The van der Waals surface area contributed by atoms with Crippen molar-refractivity contribution in [1.82, 2.24) is 10.2 Å². The molecule has 1 aliphatic carbocycles. The van der Waals surface area contributed by atoms with E-state index in [-0.39, 0.29) is 24.4 Å². The quantitative estimate of drug-likeness (QED) is 0.801. The molecule has 1 aliphatic heterocycles. The Morgan fingerprint density at radius 2 is 1.92 bits per heavy atom. The molecule has 0 radical (unpaired) electrons. The Hall–Kier alpha value is -2.37. The van der Waals surface area contributed by atoms with E-state index in [1.165, 1.54) is 4.90 Å². The molecule has 0 aromatic heterocycles. The van der Waals surface area contributed by atoms with Crippen LogP contribution in [0.25, 0.3) is 0 Å². The molecule has 6 nitrogen and oxygen atoms in total. The van der Waals surface area contributed by atoms with Crippen LogP contribution in [0.5, 0.6) is 0 Å². The molecule has 2 fully saturated rings. The largest absolute Gasteiger partial charge is 0.446 e. The summed E-state index contributed by atoms with van der Waals surface area (Å²) < 4.78 is 5.47. The number of ether oxygens (including phenoxy) is 1. The molecule has 1 heterocycles. The molecule has 2 aliphatic rings. The van der Waals surface area contributed by atoms with Gasteiger partial charge in [-0.2, -0.15) is 0 Å². The van der Waals surface area contributed by atoms with Crippen LogP contribution in [0.15, 0.2) is 30.3 Å². The van der Waals surface area contributed by atoms with Crippen molar-refractivity contribution in [2.45, 2.75) is 50.7 Å². The summed E-state index contributed by atoms with van der Waals surface area (Å²) in [5.74, 6) is -0.868. The first-order valence-electron chi connectivity index (χ1n) is 8.96. The van der Waals surface area contributed by atoms with E-state index >= 15 is 0 Å². The maximum Gasteiger partial charge on any atom is 0.326 e. The summed E-state index contributed by atoms with van der Waals surface area (Å²) in [6.07, 6.45) is 4.17. The molecule has 1 atom stereocenters. The minimum atomic E-state index is -0.976. The van der Waals surface area contributed by atoms with Gasteiger partial charge in [0.25, 0.3) is 5.91 Å². The average Bonchev–Trinajstić information content (AvgIpc) is 3.43. The highest BCUT2D eigenvalue weighted by atomic mass is 16.5. The Bertz CT molecular complexity index is 628. The minimum Gasteiger partial charge on any atom is -0.446 e. The number of hydrogen-bond donors (Lipinski definition) is 1. The van der Waals surface area contributed by atoms with Gasteiger partial charge in [0, 0.05) is 24.6 Å². The fourth-order valence-corrected chi connectivity index (χ4v) is 2.94. The van der Waals surface area contributed by atoms with Crippen molar-refractivity contribution in [3.8, 4) is 0 Å². The summed E-state index contributed by atoms with van der Waals surface area (Å²) >= 11 is 0. The molecule has 2 amide bonds. The fourth-order valence-electron chi connectivity index (χ4n) is 2.94. The van der Waals surface area contributed by atoms with Crippen LogP contribution in [-0.2, 0) is 19.1 Å². The van der Waals surface area contributed by atoms with Crippen LogP contribution in [0.1, 0.15) is 50.2 Å². The SMILES string of the molecule is O=C(CN1CCCCCC1=O)O[C@@H](C(=O)NC1CC1)c1ccccc1. The zero-order chi connectivity index (χ0) is 17.6. The lowest BCUT2D eigenvalue weighted by atomic mass is 10.1. The van der Waals surface area contributed by atoms with Gasteiger partial charge in [0.15, 0.2) is 0 Å². The molecule has 6 heteroatoms. The lowest BCUT2D eigenvalue weighted by molar-refractivity contribution is -0.159. The average molecular weight is 344 g/mol. The van der Waals surface area contributed by atoms with Crippen molar-refractivity contribution < 1.29 is 19.1 Å². The van der Waals surface area contributed by atoms with Crippen molar-refractivity contribution in [3.63, 3.8) is 0 Å². The summed E-state index contributed by atoms with van der Waals surface area (Å²) in [5.41, 5.74) is 0.635. The zero-order valence-corrected chi connectivity index (χ0v) is 14.3. The summed E-state index contributed by atoms with van der Waals surface area (Å²) in [5, 5.41) is 2.88. The van der Waals surface area contributed by atoms with Gasteiger partial charge in [0.05, 0.1) is 0 Å². The number of benzene rings is 1. The smallest absolute Gasteiger partial charge is 0.326 e. The first-order chi connectivity index (χ1) is 12.1. The van der Waals surface area contributed by atoms with E-state index in [9.17, 15) is 14.4 Å². The van der Waals surface area contributed by atoms with E-state index in [2.05, 4.69) is 5.32 Å². The Kier molecular flexibility index (Phi) is 5.68. The molecule has 0 bridgehead atoms. The van der Waals surface area contributed by atoms with Crippen molar-refractivity contribution in [3.05, 3.63) is 35.9 Å². The summed E-state index contributed by atoms with van der Waals surface area (Å²) in [6, 6.07) is 9.17. The Balaban J connectivity index is 1.65. The van der Waals surface area contributed by atoms with Crippen LogP contribution < -0.4 is 5.32 Å². The van der Waals surface area contributed by atoms with Crippen LogP contribution in [0.4, 0.5) is 0 Å². The Morgan fingerprint density at radius 3 is 2.64 bits per heavy atom. The first-order valence-corrected chi connectivity index (χ1v) is 8.96. The maximum absolute atomic E-state index is 12.5. The van der Waals surface area contributed by atoms with Gasteiger partial charge in [-0.05, 0) is 25.7 Å². The summed E-state index contributed by atoms with van der Waals surface area (Å²) in [6.45, 7) is 0.469. The third-order valence-electron chi connectivity index (χ3n) is 4.50. The molecule has 1 saturated heterocycles. The maximum atomic E-state index is 12.5. The Morgan fingerprint density at radius 1 is 1.16 bits per heavy atom. The normalized spacial score (nSPS) is 19.0. The number of amides is 2. The topological polar surface area (TPSA) is 75.7 Å². The summed E-state index contributed by atoms with van der Waals surface area (Å²) in [7, 11) is 0. The highest BCUT2D eigenvalue weighted by Gasteiger charge is 2.31. The van der Waals surface area contributed by atoms with Gasteiger partial charge in [-0.15, -0.1) is 0 Å². The first kappa shape index (κ1) is 17.5. The molecule has 1 N–H and O–H groups in total. The van der Waals surface area contributed by atoms with Gasteiger partial charge >= 0.3 is 5.97 Å². The molecule has 25 heavy (non-hydrogen) atoms. The van der Waals surface area contributed by atoms with Gasteiger partial charge in [0.2, 0.25) is 12.0 Å². The monoisotopic (exact) mass is 344 g/mol. The standard InChI is InChI=1S/C19H24N2O4/c22-16-9-5-2-6-12-21(16)13-17(23)25-18(14-7-3-1-4-8-14)19(24)20-15-10-11-15/h1,3-4,7-8,15,18H,2,5-6,9-13H2,(H,20,24)/t18-/m1/s1. The fraction of sp³-hybridized carbons (Fsp3) is 0.526. The van der Waals surface area contributed by atoms with Crippen LogP contribution in [0.2, 0.25) is 0 Å². The molecule has 0 spiro atoms. The Labute approximate surface area is 147 Å². The molecular formula is C19H24N2O4. The minimum absolute atomic E-state index is 0.0202. The number of hydrogen-bond acceptors (Lipinski definition) is 4. The van der Waals surface area contributed by atoms with Crippen molar-refractivity contribution in [2.75, 3.05) is 13.1 Å².